The Morgan fingerprint density at radius 3 is 2.38 bits per heavy atom. The van der Waals surface area contributed by atoms with Crippen LogP contribution in [0.4, 0.5) is 0 Å². The first-order valence-corrected chi connectivity index (χ1v) is 9.63. The lowest BCUT2D eigenvalue weighted by molar-refractivity contribution is 0.0389. The molecule has 138 valence electrons. The lowest BCUT2D eigenvalue weighted by Gasteiger charge is -2.27. The van der Waals surface area contributed by atoms with Crippen molar-refractivity contribution in [3.8, 4) is 11.1 Å². The zero-order valence-electron chi connectivity index (χ0n) is 15.3. The van der Waals surface area contributed by atoms with Crippen molar-refractivity contribution in [3.05, 3.63) is 60.2 Å². The SMILES string of the molecule is C[C@H](NC(=S)NCCN1CCOCC1)c1ccc(-c2ccccc2)cc1. The summed E-state index contributed by atoms with van der Waals surface area (Å²) in [5.41, 5.74) is 3.69. The molecule has 2 aromatic rings. The molecule has 1 fully saturated rings. The van der Waals surface area contributed by atoms with E-state index < -0.39 is 0 Å². The van der Waals surface area contributed by atoms with Gasteiger partial charge in [-0.3, -0.25) is 4.90 Å². The predicted octanol–water partition coefficient (Wildman–Crippen LogP) is 3.21. The van der Waals surface area contributed by atoms with Gasteiger partial charge in [0.1, 0.15) is 0 Å². The Hall–Kier alpha value is -1.95. The molecule has 0 unspecified atom stereocenters. The Morgan fingerprint density at radius 2 is 1.69 bits per heavy atom. The maximum atomic E-state index is 5.43. The average molecular weight is 370 g/mol. The van der Waals surface area contributed by atoms with E-state index in [1.54, 1.807) is 0 Å². The number of ether oxygens (including phenoxy) is 1. The summed E-state index contributed by atoms with van der Waals surface area (Å²) < 4.78 is 5.37. The van der Waals surface area contributed by atoms with Crippen LogP contribution in [-0.2, 0) is 4.74 Å². The smallest absolute Gasteiger partial charge is 0.166 e. The average Bonchev–Trinajstić information content (AvgIpc) is 2.69. The van der Waals surface area contributed by atoms with E-state index in [-0.39, 0.29) is 6.04 Å². The van der Waals surface area contributed by atoms with Crippen LogP contribution in [0.5, 0.6) is 0 Å². The van der Waals surface area contributed by atoms with E-state index in [4.69, 9.17) is 17.0 Å². The second kappa shape index (κ2) is 9.67. The molecular formula is C21H27N3OS. The molecule has 0 aliphatic carbocycles. The standard InChI is InChI=1S/C21H27N3OS/c1-17(23-21(26)22-11-12-24-13-15-25-16-14-24)18-7-9-20(10-8-18)19-5-3-2-4-6-19/h2-10,17H,11-16H2,1H3,(H2,22,23,26)/t17-/m0/s1. The Bertz CT molecular complexity index is 684. The molecule has 1 saturated heterocycles. The number of hydrogen-bond acceptors (Lipinski definition) is 3. The van der Waals surface area contributed by atoms with Crippen LogP contribution in [0, 0.1) is 0 Å². The number of morpholine rings is 1. The summed E-state index contributed by atoms with van der Waals surface area (Å²) in [4.78, 5) is 2.39. The highest BCUT2D eigenvalue weighted by Gasteiger charge is 2.11. The van der Waals surface area contributed by atoms with Gasteiger partial charge in [-0.15, -0.1) is 0 Å². The summed E-state index contributed by atoms with van der Waals surface area (Å²) in [5, 5.41) is 7.38. The molecule has 1 aliphatic heterocycles. The predicted molar refractivity (Wildman–Crippen MR) is 111 cm³/mol. The lowest BCUT2D eigenvalue weighted by Crippen LogP contribution is -2.44. The number of nitrogens with zero attached hydrogens (tertiary/aromatic N) is 1. The van der Waals surface area contributed by atoms with Crippen molar-refractivity contribution in [2.75, 3.05) is 39.4 Å². The molecule has 0 spiro atoms. The molecular weight excluding hydrogens is 342 g/mol. The third-order valence-electron chi connectivity index (χ3n) is 4.68. The van der Waals surface area contributed by atoms with Crippen LogP contribution in [0.15, 0.2) is 54.6 Å². The van der Waals surface area contributed by atoms with E-state index in [1.807, 2.05) is 6.07 Å². The molecule has 26 heavy (non-hydrogen) atoms. The first-order chi connectivity index (χ1) is 12.7. The van der Waals surface area contributed by atoms with Gasteiger partial charge in [0.15, 0.2) is 5.11 Å². The summed E-state index contributed by atoms with van der Waals surface area (Å²) in [6.45, 7) is 7.65. The molecule has 4 nitrogen and oxygen atoms in total. The first kappa shape index (κ1) is 18.8. The van der Waals surface area contributed by atoms with Gasteiger partial charge in [-0.2, -0.15) is 0 Å². The molecule has 1 atom stereocenters. The minimum absolute atomic E-state index is 0.170. The molecule has 0 aromatic heterocycles. The van der Waals surface area contributed by atoms with Gasteiger partial charge in [0.2, 0.25) is 0 Å². The number of hydrogen-bond donors (Lipinski definition) is 2. The summed E-state index contributed by atoms with van der Waals surface area (Å²) in [6.07, 6.45) is 0. The van der Waals surface area contributed by atoms with Crippen LogP contribution in [0.25, 0.3) is 11.1 Å². The van der Waals surface area contributed by atoms with Crippen molar-refractivity contribution in [2.24, 2.45) is 0 Å². The van der Waals surface area contributed by atoms with Gasteiger partial charge in [0.05, 0.1) is 19.3 Å². The van der Waals surface area contributed by atoms with Gasteiger partial charge in [0, 0.05) is 26.2 Å². The topological polar surface area (TPSA) is 36.5 Å². The molecule has 2 N–H and O–H groups in total. The van der Waals surface area contributed by atoms with Crippen molar-refractivity contribution in [2.45, 2.75) is 13.0 Å². The van der Waals surface area contributed by atoms with E-state index in [0.29, 0.717) is 5.11 Å². The molecule has 2 aromatic carbocycles. The Kier molecular flexibility index (Phi) is 7.00. The number of nitrogens with one attached hydrogen (secondary N) is 2. The van der Waals surface area contributed by atoms with E-state index in [9.17, 15) is 0 Å². The largest absolute Gasteiger partial charge is 0.379 e. The molecule has 0 radical (unpaired) electrons. The van der Waals surface area contributed by atoms with E-state index in [1.165, 1.54) is 16.7 Å². The Morgan fingerprint density at radius 1 is 1.04 bits per heavy atom. The van der Waals surface area contributed by atoms with E-state index in [2.05, 4.69) is 71.0 Å². The van der Waals surface area contributed by atoms with Crippen LogP contribution >= 0.6 is 12.2 Å². The maximum absolute atomic E-state index is 5.43. The minimum Gasteiger partial charge on any atom is -0.379 e. The van der Waals surface area contributed by atoms with Crippen molar-refractivity contribution in [1.29, 1.82) is 0 Å². The molecule has 5 heteroatoms. The lowest BCUT2D eigenvalue weighted by atomic mass is 10.0. The maximum Gasteiger partial charge on any atom is 0.166 e. The fraction of sp³-hybridized carbons (Fsp3) is 0.381. The summed E-state index contributed by atoms with van der Waals surface area (Å²) >= 11 is 5.43. The zero-order valence-corrected chi connectivity index (χ0v) is 16.1. The summed E-state index contributed by atoms with van der Waals surface area (Å²) in [6, 6.07) is 19.2. The second-order valence-corrected chi connectivity index (χ2v) is 6.97. The van der Waals surface area contributed by atoms with Crippen molar-refractivity contribution < 1.29 is 4.74 Å². The molecule has 3 rings (SSSR count). The third-order valence-corrected chi connectivity index (χ3v) is 4.94. The highest BCUT2D eigenvalue weighted by molar-refractivity contribution is 7.80. The van der Waals surface area contributed by atoms with Gasteiger partial charge in [0.25, 0.3) is 0 Å². The first-order valence-electron chi connectivity index (χ1n) is 9.22. The molecule has 1 aliphatic rings. The Labute approximate surface area is 161 Å². The van der Waals surface area contributed by atoms with Crippen molar-refractivity contribution in [3.63, 3.8) is 0 Å². The van der Waals surface area contributed by atoms with Gasteiger partial charge < -0.3 is 15.4 Å². The second-order valence-electron chi connectivity index (χ2n) is 6.56. The minimum atomic E-state index is 0.170. The summed E-state index contributed by atoms with van der Waals surface area (Å²) in [7, 11) is 0. The summed E-state index contributed by atoms with van der Waals surface area (Å²) in [5.74, 6) is 0. The van der Waals surface area contributed by atoms with Gasteiger partial charge in [-0.25, -0.2) is 0 Å². The number of rotatable bonds is 6. The quantitative estimate of drug-likeness (QED) is 0.765. The fourth-order valence-electron chi connectivity index (χ4n) is 3.08. The highest BCUT2D eigenvalue weighted by atomic mass is 32.1. The Balaban J connectivity index is 1.45. The number of thiocarbonyl (C=S) groups is 1. The van der Waals surface area contributed by atoms with Crippen molar-refractivity contribution in [1.82, 2.24) is 15.5 Å². The monoisotopic (exact) mass is 369 g/mol. The fourth-order valence-corrected chi connectivity index (χ4v) is 3.36. The molecule has 0 amide bonds. The molecule has 0 saturated carbocycles. The molecule has 0 bridgehead atoms. The van der Waals surface area contributed by atoms with Crippen LogP contribution in [0.3, 0.4) is 0 Å². The van der Waals surface area contributed by atoms with E-state index in [0.717, 1.165) is 39.4 Å². The van der Waals surface area contributed by atoms with Crippen LogP contribution in [0.2, 0.25) is 0 Å². The van der Waals surface area contributed by atoms with Crippen molar-refractivity contribution >= 4 is 17.3 Å². The highest BCUT2D eigenvalue weighted by Crippen LogP contribution is 2.21. The van der Waals surface area contributed by atoms with Crippen LogP contribution < -0.4 is 10.6 Å². The third kappa shape index (κ3) is 5.53. The normalized spacial score (nSPS) is 16.0. The number of benzene rings is 2. The van der Waals surface area contributed by atoms with Gasteiger partial charge in [-0.1, -0.05) is 54.6 Å². The molecule has 1 heterocycles. The zero-order chi connectivity index (χ0) is 18.2. The van der Waals surface area contributed by atoms with Gasteiger partial charge >= 0.3 is 0 Å². The van der Waals surface area contributed by atoms with Crippen LogP contribution in [0.1, 0.15) is 18.5 Å². The van der Waals surface area contributed by atoms with E-state index >= 15 is 0 Å². The van der Waals surface area contributed by atoms with Crippen LogP contribution in [-0.4, -0.2) is 49.4 Å². The van der Waals surface area contributed by atoms with Gasteiger partial charge in [-0.05, 0) is 35.8 Å².